The van der Waals surface area contributed by atoms with Gasteiger partial charge in [0, 0.05) is 18.8 Å². The minimum atomic E-state index is -0.0688. The van der Waals surface area contributed by atoms with E-state index in [0.717, 1.165) is 38.2 Å². The van der Waals surface area contributed by atoms with Crippen molar-refractivity contribution in [3.8, 4) is 6.07 Å². The number of piperidine rings is 1. The highest BCUT2D eigenvalue weighted by atomic mass is 16.2. The highest BCUT2D eigenvalue weighted by Gasteiger charge is 2.19. The lowest BCUT2D eigenvalue weighted by atomic mass is 9.98. The lowest BCUT2D eigenvalue weighted by Crippen LogP contribution is -2.41. The second-order valence-corrected chi connectivity index (χ2v) is 5.35. The number of rotatable bonds is 4. The quantitative estimate of drug-likeness (QED) is 0.893. The van der Waals surface area contributed by atoms with Gasteiger partial charge in [0.2, 0.25) is 0 Å². The van der Waals surface area contributed by atoms with Crippen LogP contribution in [0.15, 0.2) is 24.3 Å². The van der Waals surface area contributed by atoms with Gasteiger partial charge in [0.1, 0.15) is 0 Å². The Balaban J connectivity index is 1.90. The number of nitrogens with one attached hydrogen (secondary N) is 2. The van der Waals surface area contributed by atoms with Crippen molar-refractivity contribution in [2.45, 2.75) is 19.8 Å². The number of hydrogen-bond donors (Lipinski definition) is 2. The Labute approximate surface area is 125 Å². The zero-order valence-electron chi connectivity index (χ0n) is 12.4. The van der Waals surface area contributed by atoms with Crippen LogP contribution < -0.4 is 10.6 Å². The Bertz CT molecular complexity index is 500. The number of anilines is 1. The maximum absolute atomic E-state index is 12.3. The fourth-order valence-corrected chi connectivity index (χ4v) is 2.56. The summed E-state index contributed by atoms with van der Waals surface area (Å²) in [5.41, 5.74) is 1.32. The lowest BCUT2D eigenvalue weighted by molar-refractivity contribution is 0.196. The van der Waals surface area contributed by atoms with Gasteiger partial charge in [-0.1, -0.05) is 0 Å². The van der Waals surface area contributed by atoms with Crippen molar-refractivity contribution < 1.29 is 4.79 Å². The van der Waals surface area contributed by atoms with Crippen LogP contribution in [0.1, 0.15) is 25.3 Å². The second-order valence-electron chi connectivity index (χ2n) is 5.35. The minimum absolute atomic E-state index is 0.0688. The van der Waals surface area contributed by atoms with Crippen LogP contribution in [-0.4, -0.2) is 37.1 Å². The largest absolute Gasteiger partial charge is 0.325 e. The van der Waals surface area contributed by atoms with E-state index in [4.69, 9.17) is 5.26 Å². The Hall–Kier alpha value is -2.06. The lowest BCUT2D eigenvalue weighted by Gasteiger charge is -2.29. The molecule has 0 radical (unpaired) electrons. The van der Waals surface area contributed by atoms with E-state index in [9.17, 15) is 4.79 Å². The SMILES string of the molecule is CCN(CC1CCNCC1)C(=O)Nc1ccc(C#N)cc1. The molecule has 0 unspecified atom stereocenters. The van der Waals surface area contributed by atoms with Gasteiger partial charge in [0.15, 0.2) is 0 Å². The fourth-order valence-electron chi connectivity index (χ4n) is 2.56. The third kappa shape index (κ3) is 4.47. The van der Waals surface area contributed by atoms with Crippen LogP contribution in [0, 0.1) is 17.2 Å². The molecule has 0 saturated carbocycles. The van der Waals surface area contributed by atoms with E-state index in [1.54, 1.807) is 24.3 Å². The molecule has 2 rings (SSSR count). The van der Waals surface area contributed by atoms with Gasteiger partial charge >= 0.3 is 6.03 Å². The van der Waals surface area contributed by atoms with Crippen LogP contribution in [0.2, 0.25) is 0 Å². The first-order valence-corrected chi connectivity index (χ1v) is 7.49. The minimum Gasteiger partial charge on any atom is -0.325 e. The number of nitriles is 1. The average molecular weight is 286 g/mol. The summed E-state index contributed by atoms with van der Waals surface area (Å²) in [7, 11) is 0. The van der Waals surface area contributed by atoms with Crippen molar-refractivity contribution in [1.29, 1.82) is 5.26 Å². The first-order valence-electron chi connectivity index (χ1n) is 7.49. The van der Waals surface area contributed by atoms with Crippen molar-refractivity contribution in [2.75, 3.05) is 31.5 Å². The summed E-state index contributed by atoms with van der Waals surface area (Å²) in [6, 6.07) is 8.93. The van der Waals surface area contributed by atoms with Gasteiger partial charge in [-0.05, 0) is 63.0 Å². The number of urea groups is 1. The smallest absolute Gasteiger partial charge is 0.321 e. The third-order valence-corrected chi connectivity index (χ3v) is 3.87. The Morgan fingerprint density at radius 2 is 2.05 bits per heavy atom. The summed E-state index contributed by atoms with van der Waals surface area (Å²) in [5.74, 6) is 0.581. The molecule has 1 aliphatic rings. The molecule has 1 aromatic rings. The molecule has 21 heavy (non-hydrogen) atoms. The molecule has 1 aliphatic heterocycles. The molecule has 0 atom stereocenters. The van der Waals surface area contributed by atoms with Crippen molar-refractivity contribution >= 4 is 11.7 Å². The Morgan fingerprint density at radius 1 is 1.38 bits per heavy atom. The molecule has 0 aromatic heterocycles. The van der Waals surface area contributed by atoms with E-state index in [1.165, 1.54) is 0 Å². The molecular weight excluding hydrogens is 264 g/mol. The standard InChI is InChI=1S/C16H22N4O/c1-2-20(12-14-7-9-18-10-8-14)16(21)19-15-5-3-13(11-17)4-6-15/h3-6,14,18H,2,7-10,12H2,1H3,(H,19,21). The number of hydrogen-bond acceptors (Lipinski definition) is 3. The van der Waals surface area contributed by atoms with Gasteiger partial charge < -0.3 is 15.5 Å². The molecule has 5 nitrogen and oxygen atoms in total. The van der Waals surface area contributed by atoms with Gasteiger partial charge in [0.25, 0.3) is 0 Å². The first kappa shape index (κ1) is 15.3. The van der Waals surface area contributed by atoms with Gasteiger partial charge in [-0.15, -0.1) is 0 Å². The number of carbonyl (C=O) groups is 1. The van der Waals surface area contributed by atoms with Crippen LogP contribution in [0.4, 0.5) is 10.5 Å². The van der Waals surface area contributed by atoms with E-state index in [0.29, 0.717) is 18.0 Å². The highest BCUT2D eigenvalue weighted by Crippen LogP contribution is 2.15. The van der Waals surface area contributed by atoms with E-state index in [2.05, 4.69) is 16.7 Å². The van der Waals surface area contributed by atoms with E-state index >= 15 is 0 Å². The van der Waals surface area contributed by atoms with Crippen LogP contribution in [0.5, 0.6) is 0 Å². The molecule has 0 bridgehead atoms. The van der Waals surface area contributed by atoms with E-state index in [1.807, 2.05) is 11.8 Å². The first-order chi connectivity index (χ1) is 10.2. The molecule has 1 fully saturated rings. The van der Waals surface area contributed by atoms with Crippen LogP contribution in [-0.2, 0) is 0 Å². The zero-order chi connectivity index (χ0) is 15.1. The Kier molecular flexibility index (Phi) is 5.59. The predicted octanol–water partition coefficient (Wildman–Crippen LogP) is 2.41. The molecule has 2 N–H and O–H groups in total. The van der Waals surface area contributed by atoms with Crippen LogP contribution >= 0.6 is 0 Å². The Morgan fingerprint density at radius 3 is 2.62 bits per heavy atom. The highest BCUT2D eigenvalue weighted by molar-refractivity contribution is 5.89. The molecular formula is C16H22N4O. The number of amides is 2. The normalized spacial score (nSPS) is 15.2. The summed E-state index contributed by atoms with van der Waals surface area (Å²) in [6.07, 6.45) is 2.25. The number of carbonyl (C=O) groups excluding carboxylic acids is 1. The van der Waals surface area contributed by atoms with E-state index in [-0.39, 0.29) is 6.03 Å². The molecule has 112 valence electrons. The van der Waals surface area contributed by atoms with Crippen molar-refractivity contribution in [3.05, 3.63) is 29.8 Å². The van der Waals surface area contributed by atoms with Crippen molar-refractivity contribution in [3.63, 3.8) is 0 Å². The summed E-state index contributed by atoms with van der Waals surface area (Å²) in [5, 5.41) is 15.0. The van der Waals surface area contributed by atoms with Crippen LogP contribution in [0.25, 0.3) is 0 Å². The molecule has 5 heteroatoms. The maximum Gasteiger partial charge on any atom is 0.321 e. The monoisotopic (exact) mass is 286 g/mol. The molecule has 2 amide bonds. The van der Waals surface area contributed by atoms with Crippen LogP contribution in [0.3, 0.4) is 0 Å². The number of nitrogens with zero attached hydrogens (tertiary/aromatic N) is 2. The van der Waals surface area contributed by atoms with E-state index < -0.39 is 0 Å². The zero-order valence-corrected chi connectivity index (χ0v) is 12.4. The molecule has 1 saturated heterocycles. The van der Waals surface area contributed by atoms with Gasteiger partial charge in [0.05, 0.1) is 11.6 Å². The summed E-state index contributed by atoms with van der Waals surface area (Å²) < 4.78 is 0. The van der Waals surface area contributed by atoms with Gasteiger partial charge in [-0.25, -0.2) is 4.79 Å². The predicted molar refractivity (Wildman–Crippen MR) is 83.0 cm³/mol. The van der Waals surface area contributed by atoms with Gasteiger partial charge in [-0.2, -0.15) is 5.26 Å². The average Bonchev–Trinajstić information content (AvgIpc) is 2.54. The summed E-state index contributed by atoms with van der Waals surface area (Å²) in [4.78, 5) is 14.2. The summed E-state index contributed by atoms with van der Waals surface area (Å²) in [6.45, 7) is 5.59. The third-order valence-electron chi connectivity index (χ3n) is 3.87. The number of benzene rings is 1. The maximum atomic E-state index is 12.3. The van der Waals surface area contributed by atoms with Crippen molar-refractivity contribution in [1.82, 2.24) is 10.2 Å². The fraction of sp³-hybridized carbons (Fsp3) is 0.500. The molecule has 1 aromatic carbocycles. The molecule has 1 heterocycles. The topological polar surface area (TPSA) is 68.2 Å². The molecule has 0 spiro atoms. The van der Waals surface area contributed by atoms with Crippen molar-refractivity contribution in [2.24, 2.45) is 5.92 Å². The molecule has 0 aliphatic carbocycles. The second kappa shape index (κ2) is 7.65. The van der Waals surface area contributed by atoms with Gasteiger partial charge in [-0.3, -0.25) is 0 Å². The summed E-state index contributed by atoms with van der Waals surface area (Å²) >= 11 is 0.